The van der Waals surface area contributed by atoms with Gasteiger partial charge < -0.3 is 14.4 Å². The van der Waals surface area contributed by atoms with Crippen molar-refractivity contribution in [1.29, 1.82) is 0 Å². The highest BCUT2D eigenvalue weighted by Crippen LogP contribution is 2.23. The standard InChI is InChI=1S/C21H23NO4/c1-2-16-8-10-18(11-9-16)21(24)26-19(17-6-4-3-5-7-17)20(23)22-12-14-25-15-13-22/h3-11,19H,2,12-15H2,1H3. The van der Waals surface area contributed by atoms with Gasteiger partial charge in [0.25, 0.3) is 5.91 Å². The van der Waals surface area contributed by atoms with E-state index in [1.54, 1.807) is 29.2 Å². The summed E-state index contributed by atoms with van der Waals surface area (Å²) in [6.07, 6.45) is -0.0510. The van der Waals surface area contributed by atoms with Crippen molar-refractivity contribution >= 4 is 11.9 Å². The summed E-state index contributed by atoms with van der Waals surface area (Å²) in [5.41, 5.74) is 2.26. The van der Waals surface area contributed by atoms with E-state index in [0.29, 0.717) is 37.4 Å². The van der Waals surface area contributed by atoms with Gasteiger partial charge in [0.2, 0.25) is 6.10 Å². The number of amides is 1. The summed E-state index contributed by atoms with van der Waals surface area (Å²) >= 11 is 0. The van der Waals surface area contributed by atoms with Gasteiger partial charge in [-0.2, -0.15) is 0 Å². The lowest BCUT2D eigenvalue weighted by Gasteiger charge is -2.30. The first-order valence-corrected chi connectivity index (χ1v) is 8.90. The van der Waals surface area contributed by atoms with Crippen molar-refractivity contribution in [3.63, 3.8) is 0 Å². The number of rotatable bonds is 5. The van der Waals surface area contributed by atoms with Crippen LogP contribution in [0, 0.1) is 0 Å². The van der Waals surface area contributed by atoms with Gasteiger partial charge in [0, 0.05) is 18.7 Å². The maximum Gasteiger partial charge on any atom is 0.339 e. The summed E-state index contributed by atoms with van der Waals surface area (Å²) in [6, 6.07) is 16.4. The summed E-state index contributed by atoms with van der Waals surface area (Å²) < 4.78 is 10.9. The van der Waals surface area contributed by atoms with Crippen LogP contribution in [0.1, 0.15) is 34.5 Å². The molecule has 2 aromatic carbocycles. The zero-order valence-corrected chi connectivity index (χ0v) is 14.9. The fourth-order valence-electron chi connectivity index (χ4n) is 2.89. The molecule has 0 aromatic heterocycles. The van der Waals surface area contributed by atoms with Gasteiger partial charge in [-0.1, -0.05) is 49.4 Å². The predicted octanol–water partition coefficient (Wildman–Crippen LogP) is 3.01. The fourth-order valence-corrected chi connectivity index (χ4v) is 2.89. The Balaban J connectivity index is 1.80. The Morgan fingerprint density at radius 3 is 2.31 bits per heavy atom. The number of hydrogen-bond donors (Lipinski definition) is 0. The second-order valence-corrected chi connectivity index (χ2v) is 6.18. The topological polar surface area (TPSA) is 55.8 Å². The highest BCUT2D eigenvalue weighted by Gasteiger charge is 2.30. The summed E-state index contributed by atoms with van der Waals surface area (Å²) in [5.74, 6) is -0.707. The second-order valence-electron chi connectivity index (χ2n) is 6.18. The molecule has 5 heteroatoms. The molecule has 1 aliphatic rings. The van der Waals surface area contributed by atoms with Gasteiger partial charge in [0.1, 0.15) is 0 Å². The third-order valence-electron chi connectivity index (χ3n) is 4.47. The molecule has 0 aliphatic carbocycles. The lowest BCUT2D eigenvalue weighted by molar-refractivity contribution is -0.145. The second kappa shape index (κ2) is 8.63. The molecule has 0 N–H and O–H groups in total. The summed E-state index contributed by atoms with van der Waals surface area (Å²) in [4.78, 5) is 27.2. The molecule has 0 saturated carbocycles. The minimum absolute atomic E-state index is 0.210. The number of carbonyl (C=O) groups is 2. The van der Waals surface area contributed by atoms with Gasteiger partial charge in [0.05, 0.1) is 18.8 Å². The van der Waals surface area contributed by atoms with Crippen molar-refractivity contribution < 1.29 is 19.1 Å². The lowest BCUT2D eigenvalue weighted by atomic mass is 10.1. The SMILES string of the molecule is CCc1ccc(C(=O)OC(C(=O)N2CCOCC2)c2ccccc2)cc1. The number of morpholine rings is 1. The molecule has 1 unspecified atom stereocenters. The van der Waals surface area contributed by atoms with Crippen molar-refractivity contribution in [3.05, 3.63) is 71.3 Å². The Hall–Kier alpha value is -2.66. The fraction of sp³-hybridized carbons (Fsp3) is 0.333. The average molecular weight is 353 g/mol. The minimum atomic E-state index is -0.951. The van der Waals surface area contributed by atoms with Crippen LogP contribution >= 0.6 is 0 Å². The summed E-state index contributed by atoms with van der Waals surface area (Å²) in [7, 11) is 0. The van der Waals surface area contributed by atoms with E-state index in [2.05, 4.69) is 6.92 Å². The maximum atomic E-state index is 13.0. The van der Waals surface area contributed by atoms with Crippen molar-refractivity contribution in [2.24, 2.45) is 0 Å². The molecule has 1 heterocycles. The van der Waals surface area contributed by atoms with E-state index < -0.39 is 12.1 Å². The summed E-state index contributed by atoms with van der Waals surface area (Å²) in [6.45, 7) is 4.06. The smallest absolute Gasteiger partial charge is 0.339 e. The van der Waals surface area contributed by atoms with Gasteiger partial charge in [-0.15, -0.1) is 0 Å². The molecule has 1 atom stereocenters. The van der Waals surface area contributed by atoms with Crippen LogP contribution in [0.4, 0.5) is 0 Å². The quantitative estimate of drug-likeness (QED) is 0.776. The minimum Gasteiger partial charge on any atom is -0.444 e. The predicted molar refractivity (Wildman–Crippen MR) is 97.8 cm³/mol. The van der Waals surface area contributed by atoms with E-state index in [1.165, 1.54) is 0 Å². The number of ether oxygens (including phenoxy) is 2. The monoisotopic (exact) mass is 353 g/mol. The first kappa shape index (κ1) is 18.1. The average Bonchev–Trinajstić information content (AvgIpc) is 2.72. The molecule has 1 amide bonds. The lowest BCUT2D eigenvalue weighted by Crippen LogP contribution is -2.44. The number of nitrogens with zero attached hydrogens (tertiary/aromatic N) is 1. The zero-order valence-electron chi connectivity index (χ0n) is 14.9. The van der Waals surface area contributed by atoms with Crippen molar-refractivity contribution in [2.75, 3.05) is 26.3 Å². The van der Waals surface area contributed by atoms with Crippen molar-refractivity contribution in [3.8, 4) is 0 Å². The largest absolute Gasteiger partial charge is 0.444 e. The molecule has 5 nitrogen and oxygen atoms in total. The Labute approximate surface area is 153 Å². The van der Waals surface area contributed by atoms with E-state index in [-0.39, 0.29) is 5.91 Å². The molecular formula is C21H23NO4. The molecule has 0 radical (unpaired) electrons. The van der Waals surface area contributed by atoms with Crippen LogP contribution in [-0.4, -0.2) is 43.1 Å². The number of hydrogen-bond acceptors (Lipinski definition) is 4. The third-order valence-corrected chi connectivity index (χ3v) is 4.47. The van der Waals surface area contributed by atoms with Crippen LogP contribution in [0.2, 0.25) is 0 Å². The van der Waals surface area contributed by atoms with Gasteiger partial charge in [-0.25, -0.2) is 4.79 Å². The van der Waals surface area contributed by atoms with Crippen LogP contribution in [0.25, 0.3) is 0 Å². The first-order chi connectivity index (χ1) is 12.7. The third kappa shape index (κ3) is 4.29. The molecule has 1 saturated heterocycles. The van der Waals surface area contributed by atoms with Crippen molar-refractivity contribution in [1.82, 2.24) is 4.90 Å². The van der Waals surface area contributed by atoms with E-state index in [9.17, 15) is 9.59 Å². The molecule has 0 spiro atoms. The Morgan fingerprint density at radius 2 is 1.69 bits per heavy atom. The first-order valence-electron chi connectivity index (χ1n) is 8.90. The molecule has 26 heavy (non-hydrogen) atoms. The van der Waals surface area contributed by atoms with Crippen molar-refractivity contribution in [2.45, 2.75) is 19.4 Å². The van der Waals surface area contributed by atoms with Crippen LogP contribution in [-0.2, 0) is 20.7 Å². The van der Waals surface area contributed by atoms with E-state index in [1.807, 2.05) is 30.3 Å². The van der Waals surface area contributed by atoms with E-state index >= 15 is 0 Å². The summed E-state index contributed by atoms with van der Waals surface area (Å²) in [5, 5.41) is 0. The normalized spacial score (nSPS) is 15.3. The Kier molecular flexibility index (Phi) is 6.02. The van der Waals surface area contributed by atoms with Crippen LogP contribution in [0.5, 0.6) is 0 Å². The number of benzene rings is 2. The maximum absolute atomic E-state index is 13.0. The number of aryl methyl sites for hydroxylation is 1. The van der Waals surface area contributed by atoms with Crippen LogP contribution in [0.3, 0.4) is 0 Å². The number of carbonyl (C=O) groups excluding carboxylic acids is 2. The van der Waals surface area contributed by atoms with E-state index in [4.69, 9.17) is 9.47 Å². The number of esters is 1. The van der Waals surface area contributed by atoms with Crippen LogP contribution < -0.4 is 0 Å². The molecule has 2 aromatic rings. The van der Waals surface area contributed by atoms with Gasteiger partial charge in [0.15, 0.2) is 0 Å². The Morgan fingerprint density at radius 1 is 1.04 bits per heavy atom. The van der Waals surface area contributed by atoms with Crippen LogP contribution in [0.15, 0.2) is 54.6 Å². The molecule has 0 bridgehead atoms. The molecule has 136 valence electrons. The highest BCUT2D eigenvalue weighted by molar-refractivity contribution is 5.92. The molecule has 3 rings (SSSR count). The van der Waals surface area contributed by atoms with Gasteiger partial charge >= 0.3 is 5.97 Å². The van der Waals surface area contributed by atoms with Gasteiger partial charge in [-0.3, -0.25) is 4.79 Å². The Bertz CT molecular complexity index is 736. The van der Waals surface area contributed by atoms with Gasteiger partial charge in [-0.05, 0) is 24.1 Å². The molecular weight excluding hydrogens is 330 g/mol. The molecule has 1 fully saturated rings. The highest BCUT2D eigenvalue weighted by atomic mass is 16.5. The van der Waals surface area contributed by atoms with E-state index in [0.717, 1.165) is 12.0 Å². The molecule has 1 aliphatic heterocycles. The zero-order chi connectivity index (χ0) is 18.4.